The van der Waals surface area contributed by atoms with Gasteiger partial charge in [0.05, 0.1) is 18.7 Å². The van der Waals surface area contributed by atoms with Gasteiger partial charge in [0.1, 0.15) is 12.7 Å². The van der Waals surface area contributed by atoms with E-state index in [1.807, 2.05) is 6.07 Å². The number of hydrogen-bond donors (Lipinski definition) is 1. The number of carbonyl (C=O) groups excluding carboxylic acids is 1. The molecule has 3 rings (SSSR count). The first-order valence-electron chi connectivity index (χ1n) is 7.82. The Hall–Kier alpha value is -2.71. The summed E-state index contributed by atoms with van der Waals surface area (Å²) in [4.78, 5) is 37.3. The number of aryl methyl sites for hydroxylation is 1. The fourth-order valence-corrected chi connectivity index (χ4v) is 2.47. The Kier molecular flexibility index (Phi) is 5.11. The average molecular weight is 346 g/mol. The topological polar surface area (TPSA) is 99.6 Å². The molecule has 2 aromatic rings. The lowest BCUT2D eigenvalue weighted by atomic mass is 10.2. The molecule has 1 aromatic carbocycles. The second-order valence-corrected chi connectivity index (χ2v) is 5.71. The van der Waals surface area contributed by atoms with E-state index >= 15 is 0 Å². The molecule has 8 nitrogen and oxygen atoms in total. The number of nitrogens with zero attached hydrogens (tertiary/aromatic N) is 1. The quantitative estimate of drug-likeness (QED) is 0.789. The summed E-state index contributed by atoms with van der Waals surface area (Å²) in [5, 5.41) is 0. The van der Waals surface area contributed by atoms with Gasteiger partial charge in [0.15, 0.2) is 6.29 Å². The lowest BCUT2D eigenvalue weighted by Gasteiger charge is -2.13. The Balaban J connectivity index is 1.52. The zero-order chi connectivity index (χ0) is 17.8. The molecule has 0 spiro atoms. The zero-order valence-electron chi connectivity index (χ0n) is 13.6. The molecule has 0 saturated carbocycles. The number of aromatic amines is 1. The van der Waals surface area contributed by atoms with Crippen LogP contribution in [0.3, 0.4) is 0 Å². The molecule has 0 aliphatic carbocycles. The van der Waals surface area contributed by atoms with Gasteiger partial charge in [-0.15, -0.1) is 0 Å². The fourth-order valence-electron chi connectivity index (χ4n) is 2.47. The van der Waals surface area contributed by atoms with E-state index in [-0.39, 0.29) is 25.9 Å². The minimum absolute atomic E-state index is 0.0379. The zero-order valence-corrected chi connectivity index (χ0v) is 13.6. The van der Waals surface area contributed by atoms with Crippen molar-refractivity contribution >= 4 is 5.97 Å². The third kappa shape index (κ3) is 4.23. The number of hydrogen-bond acceptors (Lipinski definition) is 6. The second kappa shape index (κ2) is 7.45. The number of rotatable bonds is 5. The first-order chi connectivity index (χ1) is 12.0. The maximum absolute atomic E-state index is 11.9. The third-order valence-electron chi connectivity index (χ3n) is 3.76. The molecule has 1 aliphatic heterocycles. The molecule has 0 amide bonds. The van der Waals surface area contributed by atoms with E-state index in [1.54, 1.807) is 31.2 Å². The molecular formula is C17H18N2O6. The van der Waals surface area contributed by atoms with Crippen LogP contribution < -0.4 is 11.2 Å². The number of carbonyl (C=O) groups is 1. The monoisotopic (exact) mass is 346 g/mol. The van der Waals surface area contributed by atoms with Crippen LogP contribution in [0.4, 0.5) is 0 Å². The summed E-state index contributed by atoms with van der Waals surface area (Å²) < 4.78 is 17.6. The number of H-pyrrole nitrogens is 1. The Labute approximate surface area is 143 Å². The van der Waals surface area contributed by atoms with Gasteiger partial charge in [-0.3, -0.25) is 14.3 Å². The first-order valence-corrected chi connectivity index (χ1v) is 7.82. The van der Waals surface area contributed by atoms with E-state index in [9.17, 15) is 14.4 Å². The van der Waals surface area contributed by atoms with Gasteiger partial charge in [-0.1, -0.05) is 18.2 Å². The summed E-state index contributed by atoms with van der Waals surface area (Å²) in [5.41, 5.74) is -0.0205. The summed E-state index contributed by atoms with van der Waals surface area (Å²) >= 11 is 0. The van der Waals surface area contributed by atoms with E-state index in [0.29, 0.717) is 11.1 Å². The fraction of sp³-hybridized carbons (Fsp3) is 0.353. The minimum atomic E-state index is -0.683. The smallest absolute Gasteiger partial charge is 0.338 e. The molecule has 2 atom stereocenters. The highest BCUT2D eigenvalue weighted by atomic mass is 16.7. The second-order valence-electron chi connectivity index (χ2n) is 5.71. The predicted molar refractivity (Wildman–Crippen MR) is 87.4 cm³/mol. The normalized spacial score (nSPS) is 19.7. The van der Waals surface area contributed by atoms with Crippen LogP contribution in [0.2, 0.25) is 0 Å². The number of aromatic nitrogens is 2. The molecule has 1 fully saturated rings. The van der Waals surface area contributed by atoms with Gasteiger partial charge in [0, 0.05) is 11.8 Å². The van der Waals surface area contributed by atoms with Gasteiger partial charge in [-0.25, -0.2) is 9.59 Å². The summed E-state index contributed by atoms with van der Waals surface area (Å²) in [6, 6.07) is 8.63. The van der Waals surface area contributed by atoms with Crippen molar-refractivity contribution in [2.24, 2.45) is 0 Å². The molecule has 0 radical (unpaired) electrons. The highest BCUT2D eigenvalue weighted by Crippen LogP contribution is 2.14. The Morgan fingerprint density at radius 1 is 1.32 bits per heavy atom. The van der Waals surface area contributed by atoms with Crippen molar-refractivity contribution in [1.29, 1.82) is 0 Å². The van der Waals surface area contributed by atoms with Crippen molar-refractivity contribution in [3.63, 3.8) is 0 Å². The van der Waals surface area contributed by atoms with Gasteiger partial charge >= 0.3 is 11.7 Å². The largest absolute Gasteiger partial charge is 0.457 e. The number of esters is 1. The molecule has 2 heterocycles. The highest BCUT2D eigenvalue weighted by Gasteiger charge is 2.28. The summed E-state index contributed by atoms with van der Waals surface area (Å²) in [7, 11) is 0. The van der Waals surface area contributed by atoms with E-state index < -0.39 is 23.5 Å². The molecule has 25 heavy (non-hydrogen) atoms. The van der Waals surface area contributed by atoms with Crippen LogP contribution in [0.5, 0.6) is 0 Å². The van der Waals surface area contributed by atoms with Crippen molar-refractivity contribution in [1.82, 2.24) is 9.55 Å². The summed E-state index contributed by atoms with van der Waals surface area (Å²) in [6.45, 7) is 2.08. The van der Waals surface area contributed by atoms with Crippen molar-refractivity contribution < 1.29 is 19.0 Å². The van der Waals surface area contributed by atoms with Crippen LogP contribution in [0.25, 0.3) is 0 Å². The Morgan fingerprint density at radius 3 is 2.84 bits per heavy atom. The minimum Gasteiger partial charge on any atom is -0.457 e. The van der Waals surface area contributed by atoms with E-state index in [1.165, 1.54) is 10.8 Å². The lowest BCUT2D eigenvalue weighted by Crippen LogP contribution is -2.34. The number of benzene rings is 1. The molecule has 0 unspecified atom stereocenters. The van der Waals surface area contributed by atoms with Crippen molar-refractivity contribution in [3.8, 4) is 0 Å². The van der Waals surface area contributed by atoms with Gasteiger partial charge < -0.3 is 14.2 Å². The maximum atomic E-state index is 11.9. The van der Waals surface area contributed by atoms with Gasteiger partial charge in [-0.2, -0.15) is 0 Å². The highest BCUT2D eigenvalue weighted by molar-refractivity contribution is 5.89. The molecule has 1 N–H and O–H groups in total. The summed E-state index contributed by atoms with van der Waals surface area (Å²) in [6.07, 6.45) is 0.424. The molecule has 8 heteroatoms. The predicted octanol–water partition coefficient (Wildman–Crippen LogP) is 0.444. The first kappa shape index (κ1) is 17.1. The molecule has 132 valence electrons. The molecule has 1 aromatic heterocycles. The van der Waals surface area contributed by atoms with Crippen LogP contribution in [0.1, 0.15) is 15.9 Å². The summed E-state index contributed by atoms with van der Waals surface area (Å²) in [5.74, 6) is -0.455. The lowest BCUT2D eigenvalue weighted by molar-refractivity contribution is -0.0941. The van der Waals surface area contributed by atoms with Crippen molar-refractivity contribution in [2.45, 2.75) is 25.9 Å². The SMILES string of the molecule is Cc1cn(C[C@H]2CO[C@@H](COC(=O)c3ccccc3)O2)c(=O)[nH]c1=O. The van der Waals surface area contributed by atoms with Crippen molar-refractivity contribution in [2.75, 3.05) is 13.2 Å². The van der Waals surface area contributed by atoms with Gasteiger partial charge in [-0.05, 0) is 19.1 Å². The van der Waals surface area contributed by atoms with Crippen LogP contribution in [0.15, 0.2) is 46.1 Å². The van der Waals surface area contributed by atoms with E-state index in [2.05, 4.69) is 4.98 Å². The molecule has 1 saturated heterocycles. The number of nitrogens with one attached hydrogen (secondary N) is 1. The molecule has 1 aliphatic rings. The standard InChI is InChI=1S/C17H18N2O6/c1-11-7-19(17(22)18-15(11)20)8-13-9-23-14(25-13)10-24-16(21)12-5-3-2-4-6-12/h2-7,13-14H,8-10H2,1H3,(H,18,20,22)/t13-,14+/m0/s1. The maximum Gasteiger partial charge on any atom is 0.338 e. The Morgan fingerprint density at radius 2 is 2.08 bits per heavy atom. The van der Waals surface area contributed by atoms with Crippen LogP contribution >= 0.6 is 0 Å². The van der Waals surface area contributed by atoms with Gasteiger partial charge in [0.2, 0.25) is 0 Å². The van der Waals surface area contributed by atoms with E-state index in [4.69, 9.17) is 14.2 Å². The Bertz CT molecular complexity index is 857. The number of ether oxygens (including phenoxy) is 3. The molecular weight excluding hydrogens is 328 g/mol. The average Bonchev–Trinajstić information content (AvgIpc) is 3.06. The van der Waals surface area contributed by atoms with Crippen LogP contribution in [0, 0.1) is 6.92 Å². The van der Waals surface area contributed by atoms with Crippen molar-refractivity contribution in [3.05, 3.63) is 68.5 Å². The molecule has 0 bridgehead atoms. The van der Waals surface area contributed by atoms with E-state index in [0.717, 1.165) is 0 Å². The third-order valence-corrected chi connectivity index (χ3v) is 3.76. The van der Waals surface area contributed by atoms with Crippen LogP contribution in [-0.4, -0.2) is 41.1 Å². The van der Waals surface area contributed by atoms with Gasteiger partial charge in [0.25, 0.3) is 5.56 Å². The van der Waals surface area contributed by atoms with Crippen LogP contribution in [-0.2, 0) is 20.8 Å².